The van der Waals surface area contributed by atoms with Gasteiger partial charge in [-0.1, -0.05) is 18.7 Å². The maximum Gasteiger partial charge on any atom is 0.189 e. The molecule has 196 valence electrons. The third kappa shape index (κ3) is 4.69. The molecular formula is C26H30N4O5S2. The molecule has 3 atom stereocenters. The number of hydrogen-bond acceptors (Lipinski definition) is 10. The number of rotatable bonds is 7. The van der Waals surface area contributed by atoms with Crippen LogP contribution < -0.4 is 14.9 Å². The third-order valence-electron chi connectivity index (χ3n) is 6.68. The van der Waals surface area contributed by atoms with Crippen molar-refractivity contribution in [3.8, 4) is 23.0 Å². The van der Waals surface area contributed by atoms with Crippen LogP contribution in [0, 0.1) is 0 Å². The Bertz CT molecular complexity index is 1400. The molecule has 2 aliphatic rings. The van der Waals surface area contributed by atoms with E-state index in [0.29, 0.717) is 46.1 Å². The first-order valence-electron chi connectivity index (χ1n) is 12.4. The van der Waals surface area contributed by atoms with Crippen LogP contribution in [0.25, 0.3) is 22.4 Å². The molecule has 2 N–H and O–H groups in total. The summed E-state index contributed by atoms with van der Waals surface area (Å²) in [7, 11) is 1.62. The number of nitrogens with zero attached hydrogens (tertiary/aromatic N) is 3. The molecule has 5 heterocycles. The molecular weight excluding hydrogens is 512 g/mol. The van der Waals surface area contributed by atoms with Gasteiger partial charge in [0.1, 0.15) is 40.0 Å². The Labute approximate surface area is 223 Å². The standard InChI is InChI=1S/C26H30N4O5S2/c1-5-23-29-30-11-19(28-25(30)37-23)22-8-18-20(6-17(32-4)7-21(18)35-22)33-12-16-13-36-24(27-16)26(31)9-14(2)34-15(3)10-26/h6-8,11,13-15,23,29,31H,5,9-10,12H2,1-4H3. The SMILES string of the molecule is CCC1Nn2cc(-c3cc4c(OCc5csc(C6(O)CC(C)OC(C)C6)n5)cc(OC)cc4o3)nc2S1. The minimum Gasteiger partial charge on any atom is -0.496 e. The van der Waals surface area contributed by atoms with Crippen molar-refractivity contribution >= 4 is 34.1 Å². The fourth-order valence-corrected chi connectivity index (χ4v) is 6.91. The summed E-state index contributed by atoms with van der Waals surface area (Å²) in [5.74, 6) is 1.93. The number of imidazole rings is 1. The van der Waals surface area contributed by atoms with E-state index in [9.17, 15) is 5.11 Å². The number of nitrogens with one attached hydrogen (secondary N) is 1. The van der Waals surface area contributed by atoms with Crippen LogP contribution in [-0.4, -0.2) is 44.4 Å². The van der Waals surface area contributed by atoms with Crippen LogP contribution in [-0.2, 0) is 16.9 Å². The number of aliphatic hydroxyl groups is 1. The Balaban J connectivity index is 1.24. The highest BCUT2D eigenvalue weighted by molar-refractivity contribution is 8.00. The maximum atomic E-state index is 11.3. The Hall–Kier alpha value is -2.73. The Morgan fingerprint density at radius 3 is 2.76 bits per heavy atom. The van der Waals surface area contributed by atoms with Crippen molar-refractivity contribution < 1.29 is 23.7 Å². The third-order valence-corrected chi connectivity index (χ3v) is 8.98. The van der Waals surface area contributed by atoms with Crippen molar-refractivity contribution in [3.05, 3.63) is 40.5 Å². The normalized spacial score (nSPS) is 25.3. The number of fused-ring (bicyclic) bond motifs is 2. The van der Waals surface area contributed by atoms with Crippen LogP contribution in [0.3, 0.4) is 0 Å². The molecule has 1 aromatic carbocycles. The predicted molar refractivity (Wildman–Crippen MR) is 143 cm³/mol. The van der Waals surface area contributed by atoms with Gasteiger partial charge in [-0.25, -0.2) is 14.6 Å². The van der Waals surface area contributed by atoms with Crippen LogP contribution in [0.1, 0.15) is 50.7 Å². The lowest BCUT2D eigenvalue weighted by molar-refractivity contribution is -0.135. The second-order valence-corrected chi connectivity index (χ2v) is 11.7. The van der Waals surface area contributed by atoms with Gasteiger partial charge in [0, 0.05) is 30.4 Å². The lowest BCUT2D eigenvalue weighted by atomic mass is 9.88. The molecule has 4 aromatic rings. The number of aromatic nitrogens is 3. The summed E-state index contributed by atoms with van der Waals surface area (Å²) in [4.78, 5) is 9.46. The quantitative estimate of drug-likeness (QED) is 0.313. The van der Waals surface area contributed by atoms with Crippen LogP contribution in [0.5, 0.6) is 11.5 Å². The number of thioether (sulfide) groups is 1. The predicted octanol–water partition coefficient (Wildman–Crippen LogP) is 5.50. The van der Waals surface area contributed by atoms with Gasteiger partial charge in [0.05, 0.1) is 42.0 Å². The van der Waals surface area contributed by atoms with Crippen LogP contribution in [0.2, 0.25) is 0 Å². The van der Waals surface area contributed by atoms with Crippen molar-refractivity contribution in [3.63, 3.8) is 0 Å². The van der Waals surface area contributed by atoms with Gasteiger partial charge >= 0.3 is 0 Å². The molecule has 0 amide bonds. The van der Waals surface area contributed by atoms with Crippen molar-refractivity contribution in [2.45, 2.75) is 75.0 Å². The minimum absolute atomic E-state index is 0.0170. The van der Waals surface area contributed by atoms with Crippen molar-refractivity contribution in [2.24, 2.45) is 0 Å². The topological polar surface area (TPSA) is 104 Å². The zero-order chi connectivity index (χ0) is 25.7. The fourth-order valence-electron chi connectivity index (χ4n) is 5.03. The molecule has 2 aliphatic heterocycles. The smallest absolute Gasteiger partial charge is 0.189 e. The number of ether oxygens (including phenoxy) is 3. The second kappa shape index (κ2) is 9.54. The molecule has 11 heteroatoms. The lowest BCUT2D eigenvalue weighted by Gasteiger charge is -2.37. The summed E-state index contributed by atoms with van der Waals surface area (Å²) in [6, 6.07) is 5.64. The summed E-state index contributed by atoms with van der Waals surface area (Å²) in [6.45, 7) is 6.38. The van der Waals surface area contributed by atoms with Gasteiger partial charge in [-0.3, -0.25) is 0 Å². The van der Waals surface area contributed by atoms with Gasteiger partial charge in [0.2, 0.25) is 0 Å². The average molecular weight is 543 g/mol. The molecule has 1 saturated heterocycles. The Morgan fingerprint density at radius 2 is 2.03 bits per heavy atom. The van der Waals surface area contributed by atoms with Gasteiger partial charge < -0.3 is 29.2 Å². The minimum atomic E-state index is -0.974. The van der Waals surface area contributed by atoms with E-state index in [1.807, 2.05) is 48.3 Å². The fraction of sp³-hybridized carbons (Fsp3) is 0.462. The maximum absolute atomic E-state index is 11.3. The zero-order valence-electron chi connectivity index (χ0n) is 21.2. The van der Waals surface area contributed by atoms with Gasteiger partial charge in [-0.2, -0.15) is 0 Å². The largest absolute Gasteiger partial charge is 0.496 e. The first-order valence-corrected chi connectivity index (χ1v) is 14.2. The monoisotopic (exact) mass is 542 g/mol. The van der Waals surface area contributed by atoms with E-state index in [0.717, 1.165) is 28.4 Å². The zero-order valence-corrected chi connectivity index (χ0v) is 22.8. The van der Waals surface area contributed by atoms with E-state index in [-0.39, 0.29) is 18.8 Å². The molecule has 6 rings (SSSR count). The highest BCUT2D eigenvalue weighted by Gasteiger charge is 2.40. The van der Waals surface area contributed by atoms with Crippen LogP contribution >= 0.6 is 23.1 Å². The number of thiazole rings is 1. The average Bonchev–Trinajstić information content (AvgIpc) is 3.63. The molecule has 0 aliphatic carbocycles. The van der Waals surface area contributed by atoms with E-state index in [2.05, 4.69) is 12.3 Å². The Kier molecular flexibility index (Phi) is 6.34. The first kappa shape index (κ1) is 24.6. The second-order valence-electron chi connectivity index (χ2n) is 9.70. The van der Waals surface area contributed by atoms with E-state index in [1.54, 1.807) is 18.9 Å². The van der Waals surface area contributed by atoms with Crippen LogP contribution in [0.4, 0.5) is 0 Å². The van der Waals surface area contributed by atoms with Gasteiger partial charge in [-0.05, 0) is 26.3 Å². The van der Waals surface area contributed by atoms with Crippen LogP contribution in [0.15, 0.2) is 39.3 Å². The molecule has 3 aromatic heterocycles. The molecule has 1 fully saturated rings. The summed E-state index contributed by atoms with van der Waals surface area (Å²) >= 11 is 3.17. The van der Waals surface area contributed by atoms with Gasteiger partial charge in [0.25, 0.3) is 0 Å². The molecule has 0 radical (unpaired) electrons. The van der Waals surface area contributed by atoms with E-state index < -0.39 is 5.60 Å². The number of hydrogen-bond donors (Lipinski definition) is 2. The van der Waals surface area contributed by atoms with E-state index in [4.69, 9.17) is 28.6 Å². The summed E-state index contributed by atoms with van der Waals surface area (Å²) < 4.78 is 25.6. The lowest BCUT2D eigenvalue weighted by Crippen LogP contribution is -2.41. The van der Waals surface area contributed by atoms with Gasteiger partial charge in [0.15, 0.2) is 10.9 Å². The first-order chi connectivity index (χ1) is 17.8. The highest BCUT2D eigenvalue weighted by Crippen LogP contribution is 2.40. The molecule has 0 spiro atoms. The molecule has 9 nitrogen and oxygen atoms in total. The number of furan rings is 1. The summed E-state index contributed by atoms with van der Waals surface area (Å²) in [6.07, 6.45) is 4.00. The van der Waals surface area contributed by atoms with Crippen molar-refractivity contribution in [1.82, 2.24) is 14.6 Å². The molecule has 0 saturated carbocycles. The van der Waals surface area contributed by atoms with E-state index >= 15 is 0 Å². The number of benzene rings is 1. The molecule has 37 heavy (non-hydrogen) atoms. The summed E-state index contributed by atoms with van der Waals surface area (Å²) in [5, 5.41) is 16.0. The highest BCUT2D eigenvalue weighted by atomic mass is 32.2. The van der Waals surface area contributed by atoms with Crippen molar-refractivity contribution in [1.29, 1.82) is 0 Å². The van der Waals surface area contributed by atoms with E-state index in [1.165, 1.54) is 11.3 Å². The molecule has 3 unspecified atom stereocenters. The Morgan fingerprint density at radius 1 is 1.22 bits per heavy atom. The van der Waals surface area contributed by atoms with Gasteiger partial charge in [-0.15, -0.1) is 11.3 Å². The number of methoxy groups -OCH3 is 1. The summed E-state index contributed by atoms with van der Waals surface area (Å²) in [5.41, 5.74) is 4.61. The van der Waals surface area contributed by atoms with Crippen molar-refractivity contribution in [2.75, 3.05) is 12.5 Å². The molecule has 0 bridgehead atoms.